The minimum Gasteiger partial charge on any atom is -0.396 e. The van der Waals surface area contributed by atoms with Crippen LogP contribution in [0.15, 0.2) is 0 Å². The zero-order valence-electron chi connectivity index (χ0n) is 5.46. The molecular weight excluding hydrogens is 116 g/mol. The first kappa shape index (κ1) is 6.99. The fraction of sp³-hybridized carbons (Fsp3) is 1.00. The van der Waals surface area contributed by atoms with Crippen LogP contribution in [0.5, 0.6) is 0 Å². The quantitative estimate of drug-likeness (QED) is 0.428. The SMILES string of the molecule is N[C@H]1C[C@H](CO)[C@H](N)C1. The molecule has 3 heteroatoms. The Morgan fingerprint density at radius 2 is 2.00 bits per heavy atom. The van der Waals surface area contributed by atoms with Crippen LogP contribution in [0.2, 0.25) is 0 Å². The molecule has 54 valence electrons. The van der Waals surface area contributed by atoms with Gasteiger partial charge in [-0.25, -0.2) is 0 Å². The predicted molar refractivity (Wildman–Crippen MR) is 35.8 cm³/mol. The van der Waals surface area contributed by atoms with Gasteiger partial charge < -0.3 is 16.6 Å². The van der Waals surface area contributed by atoms with E-state index in [-0.39, 0.29) is 24.6 Å². The van der Waals surface area contributed by atoms with Crippen LogP contribution in [0, 0.1) is 5.92 Å². The summed E-state index contributed by atoms with van der Waals surface area (Å²) >= 11 is 0. The Bertz CT molecular complexity index is 97.1. The average Bonchev–Trinajstić information content (AvgIpc) is 2.10. The fourth-order valence-electron chi connectivity index (χ4n) is 1.41. The van der Waals surface area contributed by atoms with Crippen LogP contribution in [-0.4, -0.2) is 23.8 Å². The highest BCUT2D eigenvalue weighted by Crippen LogP contribution is 2.22. The van der Waals surface area contributed by atoms with Crippen molar-refractivity contribution in [2.75, 3.05) is 6.61 Å². The van der Waals surface area contributed by atoms with Crippen LogP contribution in [-0.2, 0) is 0 Å². The third kappa shape index (κ3) is 1.41. The number of rotatable bonds is 1. The lowest BCUT2D eigenvalue weighted by Gasteiger charge is -2.09. The van der Waals surface area contributed by atoms with E-state index in [0.29, 0.717) is 0 Å². The van der Waals surface area contributed by atoms with Gasteiger partial charge in [-0.2, -0.15) is 0 Å². The van der Waals surface area contributed by atoms with Crippen molar-refractivity contribution in [3.8, 4) is 0 Å². The Kier molecular flexibility index (Phi) is 2.05. The molecule has 5 N–H and O–H groups in total. The summed E-state index contributed by atoms with van der Waals surface area (Å²) in [7, 11) is 0. The van der Waals surface area contributed by atoms with Crippen LogP contribution in [0.25, 0.3) is 0 Å². The molecule has 1 saturated carbocycles. The van der Waals surface area contributed by atoms with E-state index in [1.54, 1.807) is 0 Å². The number of nitrogens with two attached hydrogens (primary N) is 2. The second kappa shape index (κ2) is 2.64. The van der Waals surface area contributed by atoms with Gasteiger partial charge in [-0.15, -0.1) is 0 Å². The molecule has 0 aromatic heterocycles. The van der Waals surface area contributed by atoms with E-state index in [1.807, 2.05) is 0 Å². The topological polar surface area (TPSA) is 72.3 Å². The first-order chi connectivity index (χ1) is 4.24. The van der Waals surface area contributed by atoms with Gasteiger partial charge in [0.15, 0.2) is 0 Å². The molecule has 1 rings (SSSR count). The molecule has 1 aliphatic carbocycles. The molecule has 1 aliphatic rings. The first-order valence-electron chi connectivity index (χ1n) is 3.36. The maximum Gasteiger partial charge on any atom is 0.0474 e. The van der Waals surface area contributed by atoms with Crippen LogP contribution in [0.1, 0.15) is 12.8 Å². The second-order valence-electron chi connectivity index (χ2n) is 2.84. The van der Waals surface area contributed by atoms with Crippen LogP contribution >= 0.6 is 0 Å². The largest absolute Gasteiger partial charge is 0.396 e. The van der Waals surface area contributed by atoms with Gasteiger partial charge in [0, 0.05) is 18.7 Å². The lowest BCUT2D eigenvalue weighted by atomic mass is 10.1. The first-order valence-corrected chi connectivity index (χ1v) is 3.36. The van der Waals surface area contributed by atoms with Crippen LogP contribution in [0.3, 0.4) is 0 Å². The minimum absolute atomic E-state index is 0.130. The summed E-state index contributed by atoms with van der Waals surface area (Å²) < 4.78 is 0. The van der Waals surface area contributed by atoms with Crippen LogP contribution in [0.4, 0.5) is 0 Å². The van der Waals surface area contributed by atoms with Gasteiger partial charge in [0.1, 0.15) is 0 Å². The Balaban J connectivity index is 2.38. The van der Waals surface area contributed by atoms with Crippen molar-refractivity contribution in [3.63, 3.8) is 0 Å². The molecule has 0 saturated heterocycles. The number of aliphatic hydroxyl groups is 1. The summed E-state index contributed by atoms with van der Waals surface area (Å²) in [4.78, 5) is 0. The van der Waals surface area contributed by atoms with Crippen molar-refractivity contribution in [2.45, 2.75) is 24.9 Å². The number of hydrogen-bond donors (Lipinski definition) is 3. The average molecular weight is 130 g/mol. The zero-order chi connectivity index (χ0) is 6.85. The maximum absolute atomic E-state index is 8.72. The van der Waals surface area contributed by atoms with Gasteiger partial charge in [0.25, 0.3) is 0 Å². The Hall–Kier alpha value is -0.120. The van der Waals surface area contributed by atoms with Crippen molar-refractivity contribution in [3.05, 3.63) is 0 Å². The van der Waals surface area contributed by atoms with Gasteiger partial charge in [0.2, 0.25) is 0 Å². The highest BCUT2D eigenvalue weighted by atomic mass is 16.3. The molecule has 1 fully saturated rings. The van der Waals surface area contributed by atoms with Gasteiger partial charge in [-0.1, -0.05) is 0 Å². The van der Waals surface area contributed by atoms with Crippen molar-refractivity contribution >= 4 is 0 Å². The molecule has 0 aromatic rings. The van der Waals surface area contributed by atoms with Crippen molar-refractivity contribution < 1.29 is 5.11 Å². The maximum atomic E-state index is 8.72. The van der Waals surface area contributed by atoms with E-state index in [1.165, 1.54) is 0 Å². The standard InChI is InChI=1S/C6H14N2O/c7-5-1-4(3-9)6(8)2-5/h4-6,9H,1-3,7-8H2/t4-,5+,6-/m1/s1. The van der Waals surface area contributed by atoms with Gasteiger partial charge in [-0.05, 0) is 18.8 Å². The molecular formula is C6H14N2O. The molecule has 3 nitrogen and oxygen atoms in total. The fourth-order valence-corrected chi connectivity index (χ4v) is 1.41. The van der Waals surface area contributed by atoms with E-state index in [4.69, 9.17) is 16.6 Å². The minimum atomic E-state index is 0.130. The molecule has 0 aliphatic heterocycles. The smallest absolute Gasteiger partial charge is 0.0474 e. The lowest BCUT2D eigenvalue weighted by molar-refractivity contribution is 0.217. The second-order valence-corrected chi connectivity index (χ2v) is 2.84. The van der Waals surface area contributed by atoms with Crippen molar-refractivity contribution in [1.82, 2.24) is 0 Å². The predicted octanol–water partition coefficient (Wildman–Crippen LogP) is -0.957. The Morgan fingerprint density at radius 1 is 1.33 bits per heavy atom. The molecule has 9 heavy (non-hydrogen) atoms. The van der Waals surface area contributed by atoms with E-state index in [9.17, 15) is 0 Å². The third-order valence-electron chi connectivity index (χ3n) is 2.02. The van der Waals surface area contributed by atoms with Gasteiger partial charge >= 0.3 is 0 Å². The van der Waals surface area contributed by atoms with Gasteiger partial charge in [0.05, 0.1) is 0 Å². The Morgan fingerprint density at radius 3 is 2.22 bits per heavy atom. The zero-order valence-corrected chi connectivity index (χ0v) is 5.46. The summed E-state index contributed by atoms with van der Waals surface area (Å²) in [6.45, 7) is 0.189. The van der Waals surface area contributed by atoms with Crippen molar-refractivity contribution in [1.29, 1.82) is 0 Å². The molecule has 0 amide bonds. The molecule has 0 aromatic carbocycles. The molecule has 0 heterocycles. The van der Waals surface area contributed by atoms with E-state index in [2.05, 4.69) is 0 Å². The molecule has 0 spiro atoms. The van der Waals surface area contributed by atoms with Gasteiger partial charge in [-0.3, -0.25) is 0 Å². The van der Waals surface area contributed by atoms with Crippen molar-refractivity contribution in [2.24, 2.45) is 17.4 Å². The summed E-state index contributed by atoms with van der Waals surface area (Å²) in [5.41, 5.74) is 11.2. The van der Waals surface area contributed by atoms with Crippen LogP contribution < -0.4 is 11.5 Å². The molecule has 3 atom stereocenters. The molecule has 0 bridgehead atoms. The summed E-state index contributed by atoms with van der Waals surface area (Å²) in [6.07, 6.45) is 1.75. The lowest BCUT2D eigenvalue weighted by Crippen LogP contribution is -2.27. The summed E-state index contributed by atoms with van der Waals surface area (Å²) in [5, 5.41) is 8.72. The summed E-state index contributed by atoms with van der Waals surface area (Å²) in [5.74, 6) is 0.250. The normalized spacial score (nSPS) is 43.7. The monoisotopic (exact) mass is 130 g/mol. The van der Waals surface area contributed by atoms with E-state index < -0.39 is 0 Å². The third-order valence-corrected chi connectivity index (χ3v) is 2.02. The molecule has 0 unspecified atom stereocenters. The highest BCUT2D eigenvalue weighted by molar-refractivity contribution is 4.87. The number of hydrogen-bond acceptors (Lipinski definition) is 3. The summed E-state index contributed by atoms with van der Waals surface area (Å²) in [6, 6.07) is 0.349. The number of aliphatic hydroxyl groups excluding tert-OH is 1. The molecule has 0 radical (unpaired) electrons. The van der Waals surface area contributed by atoms with E-state index in [0.717, 1.165) is 12.8 Å². The Labute approximate surface area is 55.0 Å². The highest BCUT2D eigenvalue weighted by Gasteiger charge is 2.28. The van der Waals surface area contributed by atoms with E-state index >= 15 is 0 Å².